The van der Waals surface area contributed by atoms with Crippen LogP contribution >= 0.6 is 0 Å². The van der Waals surface area contributed by atoms with Crippen molar-refractivity contribution in [3.8, 4) is 0 Å². The summed E-state index contributed by atoms with van der Waals surface area (Å²) in [5, 5.41) is 33.9. The molecule has 3 unspecified atom stereocenters. The molecule has 0 aliphatic heterocycles. The van der Waals surface area contributed by atoms with Crippen molar-refractivity contribution in [2.75, 3.05) is 0 Å². The van der Waals surface area contributed by atoms with E-state index in [9.17, 15) is 111 Å². The number of allylic oxidation sites excluding steroid dienone is 2. The molecular formula is C74H56F12N8O12. The lowest BCUT2D eigenvalue weighted by Gasteiger charge is -2.29. The number of alkyl halides is 12. The van der Waals surface area contributed by atoms with Crippen molar-refractivity contribution in [3.05, 3.63) is 291 Å². The van der Waals surface area contributed by atoms with Crippen LogP contribution in [0.1, 0.15) is 204 Å². The summed E-state index contributed by atoms with van der Waals surface area (Å²) in [6, 6.07) is 22.4. The van der Waals surface area contributed by atoms with Crippen molar-refractivity contribution in [1.82, 2.24) is 41.2 Å². The second-order valence-corrected chi connectivity index (χ2v) is 25.6. The number of hydrogen-bond acceptors (Lipinski definition) is 12. The van der Waals surface area contributed by atoms with E-state index in [0.717, 1.165) is 6.07 Å². The number of amides is 4. The molecule has 20 nitrogen and oxygen atoms in total. The number of hydrogen-bond donors (Lipinski definition) is 10. The Morgan fingerprint density at radius 3 is 1.42 bits per heavy atom. The quantitative estimate of drug-likeness (QED) is 0.0338. The van der Waals surface area contributed by atoms with Crippen molar-refractivity contribution < 1.29 is 91.7 Å². The molecule has 106 heavy (non-hydrogen) atoms. The summed E-state index contributed by atoms with van der Waals surface area (Å²) in [4.78, 5) is 143. The van der Waals surface area contributed by atoms with Gasteiger partial charge in [-0.05, 0) is 171 Å². The fourth-order valence-electron chi connectivity index (χ4n) is 13.6. The van der Waals surface area contributed by atoms with Crippen LogP contribution in [-0.4, -0.2) is 65.3 Å². The minimum absolute atomic E-state index is 0.000207. The zero-order valence-corrected chi connectivity index (χ0v) is 54.9. The third kappa shape index (κ3) is 14.9. The molecule has 12 rings (SSSR count). The first-order valence-electron chi connectivity index (χ1n) is 32.6. The summed E-state index contributed by atoms with van der Waals surface area (Å²) >= 11 is 0. The van der Waals surface area contributed by atoms with Crippen LogP contribution in [0.5, 0.6) is 0 Å². The molecule has 4 aromatic carbocycles. The number of H-pyrrole nitrogens is 4. The molecule has 10 N–H and O–H groups in total. The van der Waals surface area contributed by atoms with E-state index in [-0.39, 0.29) is 101 Å². The van der Waals surface area contributed by atoms with Crippen LogP contribution in [0.3, 0.4) is 0 Å². The van der Waals surface area contributed by atoms with Crippen molar-refractivity contribution >= 4 is 52.3 Å². The van der Waals surface area contributed by atoms with Gasteiger partial charge in [-0.25, -0.2) is 0 Å². The second kappa shape index (κ2) is 28.3. The molecule has 8 aromatic rings. The number of aryl methyl sites for hydroxylation is 3. The number of benzene rings is 4. The molecule has 548 valence electrons. The van der Waals surface area contributed by atoms with Crippen LogP contribution in [0, 0.1) is 6.92 Å². The molecule has 4 aromatic heterocycles. The number of carbonyl (C=O) groups excluding carboxylic acids is 6. The summed E-state index contributed by atoms with van der Waals surface area (Å²) in [7, 11) is 0. The van der Waals surface area contributed by atoms with Crippen LogP contribution in [0.4, 0.5) is 52.7 Å². The van der Waals surface area contributed by atoms with Crippen LogP contribution < -0.4 is 43.5 Å². The number of fused-ring (bicyclic) bond motifs is 4. The Morgan fingerprint density at radius 2 is 0.915 bits per heavy atom. The smallest absolute Gasteiger partial charge is 0.388 e. The number of nitrogens with one attached hydrogen (secondary N) is 8. The molecule has 0 fully saturated rings. The van der Waals surface area contributed by atoms with Gasteiger partial charge in [0.15, 0.2) is 11.6 Å². The van der Waals surface area contributed by atoms with Crippen molar-refractivity contribution in [2.45, 2.75) is 114 Å². The highest BCUT2D eigenvalue weighted by atomic mass is 19.4. The van der Waals surface area contributed by atoms with E-state index >= 15 is 0 Å². The zero-order valence-electron chi connectivity index (χ0n) is 54.9. The number of carbonyl (C=O) groups is 6. The Morgan fingerprint density at radius 1 is 0.472 bits per heavy atom. The minimum atomic E-state index is -5.03. The summed E-state index contributed by atoms with van der Waals surface area (Å²) in [6.07, 6.45) is -22.1. The Labute approximate surface area is 588 Å². The number of Topliss-reactive ketones (excluding diaryl/α,β-unsaturated/α-hetero) is 2. The fraction of sp³-hybridized carbons (Fsp3) is 0.243. The number of rotatable bonds is 19. The van der Waals surface area contributed by atoms with E-state index in [1.54, 1.807) is 63.3 Å². The van der Waals surface area contributed by atoms with Gasteiger partial charge >= 0.3 is 24.7 Å². The topological polar surface area (TPSA) is 322 Å². The van der Waals surface area contributed by atoms with Gasteiger partial charge in [0.2, 0.25) is 0 Å². The zero-order chi connectivity index (χ0) is 76.4. The molecule has 0 bridgehead atoms. The van der Waals surface area contributed by atoms with Crippen molar-refractivity contribution in [2.24, 2.45) is 0 Å². The maximum Gasteiger partial charge on any atom is 0.431 e. The van der Waals surface area contributed by atoms with E-state index in [4.69, 9.17) is 0 Å². The second-order valence-electron chi connectivity index (χ2n) is 25.6. The molecule has 4 heterocycles. The average Bonchev–Trinajstić information content (AvgIpc) is 1.64. The van der Waals surface area contributed by atoms with Crippen molar-refractivity contribution in [3.63, 3.8) is 0 Å². The van der Waals surface area contributed by atoms with Gasteiger partial charge in [0.05, 0.1) is 29.2 Å². The molecule has 4 aliphatic carbocycles. The summed E-state index contributed by atoms with van der Waals surface area (Å²) in [6.45, 7) is 1.73. The first kappa shape index (κ1) is 73.9. The minimum Gasteiger partial charge on any atom is -0.388 e. The predicted molar refractivity (Wildman–Crippen MR) is 354 cm³/mol. The number of aliphatic hydroxyl groups excluding tert-OH is 2. The molecule has 4 aliphatic rings. The number of ketones is 2. The van der Waals surface area contributed by atoms with Gasteiger partial charge in [-0.2, -0.15) is 52.7 Å². The number of halogens is 12. The van der Waals surface area contributed by atoms with Crippen molar-refractivity contribution in [1.29, 1.82) is 0 Å². The van der Waals surface area contributed by atoms with Crippen LogP contribution in [0.15, 0.2) is 157 Å². The maximum absolute atomic E-state index is 14.8. The van der Waals surface area contributed by atoms with E-state index in [2.05, 4.69) is 21.3 Å². The summed E-state index contributed by atoms with van der Waals surface area (Å²) in [5.41, 5.74) is -10.7. The van der Waals surface area contributed by atoms with Gasteiger partial charge in [-0.15, -0.1) is 0 Å². The van der Waals surface area contributed by atoms with Gasteiger partial charge in [-0.1, -0.05) is 66.2 Å². The molecule has 0 radical (unpaired) electrons. The third-order valence-corrected chi connectivity index (χ3v) is 18.8. The Hall–Kier alpha value is -11.8. The lowest BCUT2D eigenvalue weighted by atomic mass is 9.82. The maximum atomic E-state index is 14.8. The highest BCUT2D eigenvalue weighted by molar-refractivity contribution is 6.23. The predicted octanol–water partition coefficient (Wildman–Crippen LogP) is 11.7. The largest absolute Gasteiger partial charge is 0.431 e. The summed E-state index contributed by atoms with van der Waals surface area (Å²) < 4.78 is 162. The SMILES string of the molecule is Cc1ccc2c(c1)C(O)C(CCc1ccc3c(c1)C(NC(=O)c1ccc(C(F)(F)F)[nH]c1=O)=C(CCc1ccc4c(c1)C(=O)C(CCCC(O)c1cccc5c1CCCC5NC(=O)c1ccc(C(F)(F)F)[nH]c1=O)=C4NC(=O)c1ccc(C(F)(F)F)[nH]c1=O)C3=O)=C2NC(=O)c1ccc(C(F)(F)F)[nH]c1=O. The molecule has 3 atom stereocenters. The standard InChI is InChI=1S/C74H56F12N8O12/c1-32-11-16-38-49(29-32)62(98)42(58(38)93-69(105)46-23-27-55(73(81,82)83)90-66(46)102)19-14-33-13-18-40-48(30-33)59(94-70(106)47-24-28-56(74(84,85)86)91-67(47)103)43(60(40)96)20-15-34-12-17-39-50(31-34)61(97)41(57(39)92-68(104)45-22-26-54(72(78,79)80)89-65(45)101)8-4-10-52(95)37-7-2-6-36-35(37)5-3-9-51(36)87-63(99)44-21-25-53(71(75,76)77)88-64(44)100/h2,6-7,11-13,16-18,21-31,51-52,62,95,98H,3-5,8-10,14-15,19-20H2,1H3,(H,87,99)(H,88,100)(H,89,101)(H,90,102)(H,91,103)(H,92,104)(H,93,105)(H,94,106). The van der Waals surface area contributed by atoms with Gasteiger partial charge in [0.1, 0.15) is 51.1 Å². The first-order valence-corrected chi connectivity index (χ1v) is 32.6. The molecular weight excluding hydrogens is 1420 g/mol. The van der Waals surface area contributed by atoms with Gasteiger partial charge in [0, 0.05) is 39.0 Å². The lowest BCUT2D eigenvalue weighted by molar-refractivity contribution is -0.142. The van der Waals surface area contributed by atoms with Crippen LogP contribution in [0.2, 0.25) is 0 Å². The van der Waals surface area contributed by atoms with Gasteiger partial charge in [-0.3, -0.25) is 47.9 Å². The molecule has 0 spiro atoms. The number of aromatic nitrogens is 4. The molecule has 32 heteroatoms. The fourth-order valence-corrected chi connectivity index (χ4v) is 13.6. The number of aliphatic hydroxyl groups is 2. The normalized spacial score (nSPS) is 16.0. The van der Waals surface area contributed by atoms with Crippen LogP contribution in [0.25, 0.3) is 17.1 Å². The van der Waals surface area contributed by atoms with Gasteiger partial charge < -0.3 is 51.4 Å². The Balaban J connectivity index is 0.822. The van der Waals surface area contributed by atoms with Gasteiger partial charge in [0.25, 0.3) is 45.9 Å². The van der Waals surface area contributed by atoms with Crippen LogP contribution in [-0.2, 0) is 44.0 Å². The lowest BCUT2D eigenvalue weighted by Crippen LogP contribution is -2.35. The highest BCUT2D eigenvalue weighted by Gasteiger charge is 2.40. The van der Waals surface area contributed by atoms with E-state index in [0.29, 0.717) is 106 Å². The molecule has 4 amide bonds. The summed E-state index contributed by atoms with van der Waals surface area (Å²) in [5.74, 6) is -5.92. The van der Waals surface area contributed by atoms with E-state index in [1.165, 1.54) is 36.4 Å². The first-order chi connectivity index (χ1) is 49.9. The highest BCUT2D eigenvalue weighted by Crippen LogP contribution is 2.44. The monoisotopic (exact) mass is 1480 g/mol. The Bertz CT molecular complexity index is 5410. The third-order valence-electron chi connectivity index (χ3n) is 18.8. The van der Waals surface area contributed by atoms with E-state index < -0.39 is 145 Å². The average molecular weight is 1480 g/mol. The molecule has 0 saturated carbocycles. The molecule has 0 saturated heterocycles. The Kier molecular flexibility index (Phi) is 19.8. The van der Waals surface area contributed by atoms with E-state index in [1.807, 2.05) is 0 Å². The number of pyridine rings is 4. The number of aromatic amines is 4.